The molecule has 1 rings (SSSR count). The summed E-state index contributed by atoms with van der Waals surface area (Å²) in [6.07, 6.45) is 11.5. The summed E-state index contributed by atoms with van der Waals surface area (Å²) < 4.78 is 0. The molecule has 0 amide bonds. The Morgan fingerprint density at radius 2 is 1.68 bits per heavy atom. The maximum atomic E-state index is 3.50. The van der Waals surface area contributed by atoms with E-state index in [9.17, 15) is 0 Å². The summed E-state index contributed by atoms with van der Waals surface area (Å²) in [4.78, 5) is 0. The number of benzene rings is 1. The van der Waals surface area contributed by atoms with Crippen LogP contribution < -0.4 is 5.32 Å². The van der Waals surface area contributed by atoms with Gasteiger partial charge in [-0.25, -0.2) is 0 Å². The Kier molecular flexibility index (Phi) is 8.87. The highest BCUT2D eigenvalue weighted by Crippen LogP contribution is 2.05. The summed E-state index contributed by atoms with van der Waals surface area (Å²) >= 11 is 0. The third-order valence-corrected chi connectivity index (χ3v) is 3.42. The van der Waals surface area contributed by atoms with E-state index in [1.54, 1.807) is 0 Å². The van der Waals surface area contributed by atoms with E-state index >= 15 is 0 Å². The van der Waals surface area contributed by atoms with Crippen LogP contribution in [0.15, 0.2) is 42.1 Å². The minimum atomic E-state index is 1.02. The van der Waals surface area contributed by atoms with Crippen molar-refractivity contribution in [3.63, 3.8) is 0 Å². The molecule has 0 aliphatic heterocycles. The molecule has 0 atom stereocenters. The summed E-state index contributed by atoms with van der Waals surface area (Å²) in [5.41, 5.74) is 2.68. The summed E-state index contributed by atoms with van der Waals surface area (Å²) in [5, 5.41) is 3.50. The Balaban J connectivity index is 2.05. The monoisotopic (exact) mass is 259 g/mol. The molecule has 106 valence electrons. The molecule has 1 heteroatoms. The molecule has 0 aromatic heterocycles. The Hall–Kier alpha value is -1.24. The number of rotatable bonds is 10. The zero-order valence-corrected chi connectivity index (χ0v) is 12.6. The highest BCUT2D eigenvalue weighted by molar-refractivity contribution is 5.18. The van der Waals surface area contributed by atoms with Crippen molar-refractivity contribution in [3.05, 3.63) is 47.7 Å². The average molecular weight is 259 g/mol. The van der Waals surface area contributed by atoms with E-state index in [1.165, 1.54) is 49.8 Å². The molecular weight excluding hydrogens is 230 g/mol. The highest BCUT2D eigenvalue weighted by atomic mass is 14.9. The number of nitrogens with one attached hydrogen (secondary N) is 1. The fourth-order valence-electron chi connectivity index (χ4n) is 2.15. The lowest BCUT2D eigenvalue weighted by molar-refractivity contribution is 0.592. The maximum absolute atomic E-state index is 3.50. The first-order valence-corrected chi connectivity index (χ1v) is 7.77. The van der Waals surface area contributed by atoms with Crippen LogP contribution in [0.5, 0.6) is 0 Å². The van der Waals surface area contributed by atoms with Crippen molar-refractivity contribution in [1.29, 1.82) is 0 Å². The lowest BCUT2D eigenvalue weighted by atomic mass is 10.1. The zero-order chi connectivity index (χ0) is 13.8. The number of allylic oxidation sites excluding steroid dienone is 2. The molecule has 0 fully saturated rings. The van der Waals surface area contributed by atoms with Crippen LogP contribution in [0.1, 0.15) is 57.9 Å². The molecule has 0 aliphatic rings. The van der Waals surface area contributed by atoms with Gasteiger partial charge >= 0.3 is 0 Å². The quantitative estimate of drug-likeness (QED) is 0.578. The van der Waals surface area contributed by atoms with E-state index < -0.39 is 0 Å². The molecule has 0 bridgehead atoms. The Morgan fingerprint density at radius 1 is 1.00 bits per heavy atom. The number of unbranched alkanes of at least 4 members (excludes halogenated alkanes) is 5. The number of hydrogen-bond donors (Lipinski definition) is 1. The van der Waals surface area contributed by atoms with Crippen molar-refractivity contribution in [2.24, 2.45) is 0 Å². The lowest BCUT2D eigenvalue weighted by Gasteiger charge is -2.06. The first kappa shape index (κ1) is 15.8. The molecule has 1 nitrogen and oxygen atoms in total. The van der Waals surface area contributed by atoms with Crippen molar-refractivity contribution in [1.82, 2.24) is 5.32 Å². The third kappa shape index (κ3) is 8.47. The van der Waals surface area contributed by atoms with Crippen LogP contribution in [0.2, 0.25) is 0 Å². The van der Waals surface area contributed by atoms with E-state index in [4.69, 9.17) is 0 Å². The molecule has 0 aliphatic carbocycles. The van der Waals surface area contributed by atoms with E-state index in [-0.39, 0.29) is 0 Å². The van der Waals surface area contributed by atoms with Gasteiger partial charge in [-0.3, -0.25) is 0 Å². The molecule has 19 heavy (non-hydrogen) atoms. The van der Waals surface area contributed by atoms with Gasteiger partial charge in [0.25, 0.3) is 0 Å². The minimum absolute atomic E-state index is 1.02. The predicted molar refractivity (Wildman–Crippen MR) is 85.3 cm³/mol. The second-order valence-corrected chi connectivity index (χ2v) is 5.27. The van der Waals surface area contributed by atoms with Crippen molar-refractivity contribution in [3.8, 4) is 0 Å². The predicted octanol–water partition coefficient (Wildman–Crippen LogP) is 5.08. The second kappa shape index (κ2) is 10.7. The standard InChI is InChI=1S/C18H29N/c1-3-4-5-6-7-11-16-19-17(2)14-15-18-12-9-8-10-13-18/h8-10,12-14,19H,3-7,11,15-16H2,1-2H3. The Bertz CT molecular complexity index is 340. The SMILES string of the molecule is CCCCCCCCNC(C)=CCc1ccccc1. The van der Waals surface area contributed by atoms with Crippen LogP contribution in [0.4, 0.5) is 0 Å². The fourth-order valence-corrected chi connectivity index (χ4v) is 2.15. The van der Waals surface area contributed by atoms with Gasteiger partial charge in [0.1, 0.15) is 0 Å². The molecule has 1 aromatic carbocycles. The second-order valence-electron chi connectivity index (χ2n) is 5.27. The van der Waals surface area contributed by atoms with Crippen LogP contribution in [0, 0.1) is 0 Å². The summed E-state index contributed by atoms with van der Waals surface area (Å²) in [7, 11) is 0. The molecule has 0 saturated heterocycles. The Morgan fingerprint density at radius 3 is 2.42 bits per heavy atom. The van der Waals surface area contributed by atoms with Gasteiger partial charge in [0, 0.05) is 12.2 Å². The van der Waals surface area contributed by atoms with Crippen molar-refractivity contribution < 1.29 is 0 Å². The van der Waals surface area contributed by atoms with Crippen LogP contribution >= 0.6 is 0 Å². The molecule has 0 spiro atoms. The maximum Gasteiger partial charge on any atom is 0.0143 e. The summed E-state index contributed by atoms with van der Waals surface area (Å²) in [5.74, 6) is 0. The van der Waals surface area contributed by atoms with Gasteiger partial charge in [-0.2, -0.15) is 0 Å². The summed E-state index contributed by atoms with van der Waals surface area (Å²) in [6, 6.07) is 10.6. The minimum Gasteiger partial charge on any atom is -0.389 e. The molecular formula is C18H29N. The smallest absolute Gasteiger partial charge is 0.0143 e. The van der Waals surface area contributed by atoms with E-state index in [2.05, 4.69) is 55.6 Å². The topological polar surface area (TPSA) is 12.0 Å². The van der Waals surface area contributed by atoms with Gasteiger partial charge in [0.2, 0.25) is 0 Å². The van der Waals surface area contributed by atoms with Crippen molar-refractivity contribution in [2.45, 2.75) is 58.8 Å². The molecule has 1 N–H and O–H groups in total. The first-order chi connectivity index (χ1) is 9.33. The van der Waals surface area contributed by atoms with Crippen LogP contribution in [0.3, 0.4) is 0 Å². The normalized spacial score (nSPS) is 11.6. The third-order valence-electron chi connectivity index (χ3n) is 3.42. The van der Waals surface area contributed by atoms with Gasteiger partial charge in [-0.1, -0.05) is 75.4 Å². The molecule has 0 radical (unpaired) electrons. The molecule has 0 saturated carbocycles. The van der Waals surface area contributed by atoms with Gasteiger partial charge in [0.15, 0.2) is 0 Å². The first-order valence-electron chi connectivity index (χ1n) is 7.77. The molecule has 0 unspecified atom stereocenters. The highest BCUT2D eigenvalue weighted by Gasteiger charge is 1.92. The van der Waals surface area contributed by atoms with E-state index in [1.807, 2.05) is 0 Å². The van der Waals surface area contributed by atoms with Gasteiger partial charge < -0.3 is 5.32 Å². The van der Waals surface area contributed by atoms with E-state index in [0.717, 1.165) is 13.0 Å². The zero-order valence-electron chi connectivity index (χ0n) is 12.6. The van der Waals surface area contributed by atoms with Crippen molar-refractivity contribution >= 4 is 0 Å². The molecule has 0 heterocycles. The van der Waals surface area contributed by atoms with E-state index in [0.29, 0.717) is 0 Å². The van der Waals surface area contributed by atoms with Crippen LogP contribution in [-0.4, -0.2) is 6.54 Å². The average Bonchev–Trinajstić information content (AvgIpc) is 2.45. The van der Waals surface area contributed by atoms with Crippen LogP contribution in [-0.2, 0) is 6.42 Å². The van der Waals surface area contributed by atoms with Gasteiger partial charge in [0.05, 0.1) is 0 Å². The summed E-state index contributed by atoms with van der Waals surface area (Å²) in [6.45, 7) is 5.55. The van der Waals surface area contributed by atoms with Crippen molar-refractivity contribution in [2.75, 3.05) is 6.54 Å². The Labute approximate surface area is 119 Å². The molecule has 1 aromatic rings. The largest absolute Gasteiger partial charge is 0.389 e. The number of hydrogen-bond acceptors (Lipinski definition) is 1. The van der Waals surface area contributed by atoms with Crippen LogP contribution in [0.25, 0.3) is 0 Å². The fraction of sp³-hybridized carbons (Fsp3) is 0.556. The van der Waals surface area contributed by atoms with Gasteiger partial charge in [-0.15, -0.1) is 0 Å². The van der Waals surface area contributed by atoms with Gasteiger partial charge in [-0.05, 0) is 25.3 Å². The lowest BCUT2D eigenvalue weighted by Crippen LogP contribution is -2.12.